The fourth-order valence-electron chi connectivity index (χ4n) is 3.45. The second kappa shape index (κ2) is 7.70. The van der Waals surface area contributed by atoms with Crippen LogP contribution in [0.2, 0.25) is 0 Å². The van der Waals surface area contributed by atoms with Crippen LogP contribution in [0.15, 0.2) is 28.3 Å². The number of amides is 1. The summed E-state index contributed by atoms with van der Waals surface area (Å²) in [5, 5.41) is 3.62. The van der Waals surface area contributed by atoms with Gasteiger partial charge in [-0.25, -0.2) is 8.42 Å². The Kier molecular flexibility index (Phi) is 5.74. The minimum Gasteiger partial charge on any atom is -0.338 e. The molecule has 1 saturated heterocycles. The normalized spacial score (nSPS) is 25.1. The molecule has 0 aromatic heterocycles. The van der Waals surface area contributed by atoms with Gasteiger partial charge >= 0.3 is 0 Å². The Balaban J connectivity index is 0.00000196. The Labute approximate surface area is 160 Å². The molecule has 26 heavy (non-hydrogen) atoms. The first-order valence-corrected chi connectivity index (χ1v) is 10.6. The highest BCUT2D eigenvalue weighted by Crippen LogP contribution is 2.28. The minimum atomic E-state index is -3.36. The van der Waals surface area contributed by atoms with Crippen LogP contribution in [0, 0.1) is 5.92 Å². The molecule has 2 fully saturated rings. The van der Waals surface area contributed by atoms with Crippen molar-refractivity contribution in [1.82, 2.24) is 15.1 Å². The molecule has 4 aliphatic rings. The van der Waals surface area contributed by atoms with Gasteiger partial charge in [0.25, 0.3) is 15.9 Å². The van der Waals surface area contributed by atoms with E-state index in [1.165, 1.54) is 12.8 Å². The van der Waals surface area contributed by atoms with Gasteiger partial charge in [-0.2, -0.15) is 0 Å². The lowest BCUT2D eigenvalue weighted by Gasteiger charge is -2.34. The van der Waals surface area contributed by atoms with Gasteiger partial charge in [0, 0.05) is 31.9 Å². The molecule has 9 heteroatoms. The van der Waals surface area contributed by atoms with Crippen molar-refractivity contribution >= 4 is 34.2 Å². The number of carbonyl (C=O) groups is 1. The maximum atomic E-state index is 12.7. The maximum absolute atomic E-state index is 12.7. The first kappa shape index (κ1) is 19.4. The van der Waals surface area contributed by atoms with Crippen LogP contribution < -0.4 is 5.32 Å². The van der Waals surface area contributed by atoms with Crippen molar-refractivity contribution in [3.8, 4) is 0 Å². The van der Waals surface area contributed by atoms with Crippen LogP contribution in [0.25, 0.3) is 0 Å². The lowest BCUT2D eigenvalue weighted by Crippen LogP contribution is -2.46. The van der Waals surface area contributed by atoms with Gasteiger partial charge in [0.15, 0.2) is 0 Å². The number of piperidine rings is 1. The van der Waals surface area contributed by atoms with E-state index in [0.717, 1.165) is 38.4 Å². The number of hydrogen-bond donors (Lipinski definition) is 1. The molecule has 1 N–H and O–H groups in total. The summed E-state index contributed by atoms with van der Waals surface area (Å²) in [6.45, 7) is 2.99. The average molecular weight is 401 g/mol. The average Bonchev–Trinajstić information content (AvgIpc) is 3.43. The Bertz CT molecular complexity index is 750. The summed E-state index contributed by atoms with van der Waals surface area (Å²) in [4.78, 5) is 16.4. The van der Waals surface area contributed by atoms with E-state index in [1.54, 1.807) is 23.3 Å². The largest absolute Gasteiger partial charge is 0.338 e. The zero-order valence-electron chi connectivity index (χ0n) is 14.6. The van der Waals surface area contributed by atoms with Gasteiger partial charge < -0.3 is 15.1 Å². The van der Waals surface area contributed by atoms with Crippen molar-refractivity contribution in [3.63, 3.8) is 0 Å². The highest BCUT2D eigenvalue weighted by atomic mass is 35.5. The highest BCUT2D eigenvalue weighted by Gasteiger charge is 2.29. The lowest BCUT2D eigenvalue weighted by molar-refractivity contribution is -0.127. The van der Waals surface area contributed by atoms with Crippen molar-refractivity contribution in [2.75, 3.05) is 31.9 Å². The third-order valence-electron chi connectivity index (χ3n) is 5.25. The van der Waals surface area contributed by atoms with E-state index >= 15 is 0 Å². The van der Waals surface area contributed by atoms with Crippen LogP contribution in [0.1, 0.15) is 25.7 Å². The van der Waals surface area contributed by atoms with Gasteiger partial charge in [-0.3, -0.25) is 4.79 Å². The number of fused-ring (bicyclic) bond motifs is 1. The van der Waals surface area contributed by atoms with E-state index < -0.39 is 10.0 Å². The lowest BCUT2D eigenvalue weighted by atomic mass is 10.0. The maximum Gasteiger partial charge on any atom is 0.256 e. The van der Waals surface area contributed by atoms with E-state index in [0.29, 0.717) is 24.0 Å². The van der Waals surface area contributed by atoms with Crippen LogP contribution in [-0.2, 0) is 14.8 Å². The van der Waals surface area contributed by atoms with E-state index in [4.69, 9.17) is 0 Å². The fraction of sp³-hybridized carbons (Fsp3) is 0.647. The van der Waals surface area contributed by atoms with Crippen LogP contribution >= 0.6 is 12.4 Å². The van der Waals surface area contributed by atoms with Crippen LogP contribution in [-0.4, -0.2) is 67.9 Å². The summed E-state index contributed by atoms with van der Waals surface area (Å²) >= 11 is 0. The summed E-state index contributed by atoms with van der Waals surface area (Å²) in [5.74, 6) is 1.27. The van der Waals surface area contributed by atoms with Crippen LogP contribution in [0.4, 0.5) is 0 Å². The molecule has 0 unspecified atom stereocenters. The number of carbonyl (C=O) groups excluding carboxylic acids is 1. The molecule has 0 spiro atoms. The molecule has 0 aromatic rings. The molecule has 1 aliphatic carbocycles. The second-order valence-electron chi connectivity index (χ2n) is 7.26. The fourth-order valence-corrected chi connectivity index (χ4v) is 4.42. The van der Waals surface area contributed by atoms with Crippen molar-refractivity contribution < 1.29 is 13.2 Å². The molecule has 7 nitrogen and oxygen atoms in total. The summed E-state index contributed by atoms with van der Waals surface area (Å²) in [6, 6.07) is 0.520. The Hall–Kier alpha value is -1.38. The molecular weight excluding hydrogens is 376 g/mol. The predicted octanol–water partition coefficient (Wildman–Crippen LogP) is 0.896. The number of sulfonamides is 1. The standard InChI is InChI=1S/C17H24N4O3S.ClH/c22-17(20-7-5-15(6-8-20)18-11-13-1-2-13)14-3-4-16-19-25(23,24)10-9-21(16)12-14;/h3-4,12-13,15,18H,1-2,5-11H2;1H. The van der Waals surface area contributed by atoms with E-state index in [9.17, 15) is 13.2 Å². The molecule has 144 valence electrons. The molecule has 4 rings (SSSR count). The van der Waals surface area contributed by atoms with E-state index in [-0.39, 0.29) is 24.1 Å². The molecule has 0 radical (unpaired) electrons. The number of hydrogen-bond acceptors (Lipinski definition) is 5. The zero-order valence-corrected chi connectivity index (χ0v) is 16.3. The smallest absolute Gasteiger partial charge is 0.256 e. The number of amidine groups is 1. The molecular formula is C17H25ClN4O3S. The zero-order chi connectivity index (χ0) is 17.4. The Morgan fingerprint density at radius 1 is 1.15 bits per heavy atom. The monoisotopic (exact) mass is 400 g/mol. The number of likely N-dealkylation sites (tertiary alicyclic amines) is 1. The third-order valence-corrected chi connectivity index (χ3v) is 6.41. The predicted molar refractivity (Wildman–Crippen MR) is 103 cm³/mol. The molecule has 0 aromatic carbocycles. The van der Waals surface area contributed by atoms with Crippen molar-refractivity contribution in [3.05, 3.63) is 23.9 Å². The molecule has 3 aliphatic heterocycles. The van der Waals surface area contributed by atoms with Gasteiger partial charge in [-0.1, -0.05) is 0 Å². The number of nitrogens with one attached hydrogen (secondary N) is 1. The molecule has 1 saturated carbocycles. The summed E-state index contributed by atoms with van der Waals surface area (Å²) in [5.41, 5.74) is 0.600. The summed E-state index contributed by atoms with van der Waals surface area (Å²) in [7, 11) is -3.36. The quantitative estimate of drug-likeness (QED) is 0.758. The van der Waals surface area contributed by atoms with Gasteiger partial charge in [-0.05, 0) is 50.3 Å². The number of halogens is 1. The van der Waals surface area contributed by atoms with Gasteiger partial charge in [0.1, 0.15) is 5.84 Å². The van der Waals surface area contributed by atoms with E-state index in [2.05, 4.69) is 9.71 Å². The third kappa shape index (κ3) is 4.47. The van der Waals surface area contributed by atoms with Crippen LogP contribution in [0.5, 0.6) is 0 Å². The van der Waals surface area contributed by atoms with E-state index in [1.807, 2.05) is 4.90 Å². The highest BCUT2D eigenvalue weighted by molar-refractivity contribution is 7.90. The SMILES string of the molecule is Cl.O=C(C1=CN2CCS(=O)(=O)N=C2C=C1)N1CCC(NCC2CC2)CC1. The van der Waals surface area contributed by atoms with Gasteiger partial charge in [0.2, 0.25) is 0 Å². The first-order chi connectivity index (χ1) is 12.0. The van der Waals surface area contributed by atoms with Crippen molar-refractivity contribution in [1.29, 1.82) is 0 Å². The van der Waals surface area contributed by atoms with Crippen molar-refractivity contribution in [2.45, 2.75) is 31.7 Å². The number of rotatable bonds is 4. The Morgan fingerprint density at radius 2 is 1.88 bits per heavy atom. The van der Waals surface area contributed by atoms with Gasteiger partial charge in [0.05, 0.1) is 11.3 Å². The Morgan fingerprint density at radius 3 is 2.58 bits per heavy atom. The van der Waals surface area contributed by atoms with Gasteiger partial charge in [-0.15, -0.1) is 16.8 Å². The first-order valence-electron chi connectivity index (χ1n) is 9.02. The summed E-state index contributed by atoms with van der Waals surface area (Å²) < 4.78 is 26.8. The van der Waals surface area contributed by atoms with Crippen molar-refractivity contribution in [2.24, 2.45) is 10.3 Å². The molecule has 0 atom stereocenters. The van der Waals surface area contributed by atoms with Crippen LogP contribution in [0.3, 0.4) is 0 Å². The molecule has 1 amide bonds. The second-order valence-corrected chi connectivity index (χ2v) is 9.02. The number of nitrogens with zero attached hydrogens (tertiary/aromatic N) is 3. The molecule has 3 heterocycles. The molecule has 0 bridgehead atoms. The summed E-state index contributed by atoms with van der Waals surface area (Å²) in [6.07, 6.45) is 9.72. The minimum absolute atomic E-state index is 0. The topological polar surface area (TPSA) is 82.1 Å².